The lowest BCUT2D eigenvalue weighted by atomic mass is 9.99. The van der Waals surface area contributed by atoms with Crippen LogP contribution in [0.5, 0.6) is 0 Å². The second-order valence-electron chi connectivity index (χ2n) is 19.7. The van der Waals surface area contributed by atoms with Crippen molar-refractivity contribution in [2.45, 2.75) is 317 Å². The molecule has 0 saturated heterocycles. The number of unbranched alkanes of at least 4 members (excludes halogenated alkanes) is 33. The molecule has 0 saturated carbocycles. The Morgan fingerprint density at radius 3 is 0.839 bits per heavy atom. The molecule has 0 aromatic heterocycles. The van der Waals surface area contributed by atoms with Crippen molar-refractivity contribution in [2.75, 3.05) is 13.2 Å². The summed E-state index contributed by atoms with van der Waals surface area (Å²) >= 11 is 0. The van der Waals surface area contributed by atoms with Gasteiger partial charge < -0.3 is 14.2 Å². The van der Waals surface area contributed by atoms with Crippen molar-refractivity contribution in [3.63, 3.8) is 0 Å². The second kappa shape index (κ2) is 48.9. The first-order chi connectivity index (χ1) is 30.3. The zero-order valence-corrected chi connectivity index (χ0v) is 42.5. The summed E-state index contributed by atoms with van der Waals surface area (Å²) in [6.45, 7) is 11.5. The number of hydrogen-bond acceptors (Lipinski definition) is 6. The standard InChI is InChI=1S/C56H108O6/c1-6-9-10-11-12-13-14-20-26-31-36-41-46-54(57)60-49-53(62-56(59)48-43-38-33-28-23-22-25-30-35-40-45-52(5)8-3)50-61-55(58)47-42-37-32-27-21-18-16-15-17-19-24-29-34-39-44-51(4)7-2/h51-53H,6-50H2,1-5H3/t51?,52?,53-/m1/s1. The summed E-state index contributed by atoms with van der Waals surface area (Å²) in [6.07, 6.45) is 50.7. The summed E-state index contributed by atoms with van der Waals surface area (Å²) < 4.78 is 16.9. The van der Waals surface area contributed by atoms with Crippen molar-refractivity contribution in [2.24, 2.45) is 11.8 Å². The highest BCUT2D eigenvalue weighted by atomic mass is 16.6. The van der Waals surface area contributed by atoms with E-state index in [1.165, 1.54) is 199 Å². The van der Waals surface area contributed by atoms with E-state index in [4.69, 9.17) is 14.2 Å². The number of ether oxygens (including phenoxy) is 3. The van der Waals surface area contributed by atoms with E-state index >= 15 is 0 Å². The first-order valence-corrected chi connectivity index (χ1v) is 27.8. The summed E-state index contributed by atoms with van der Waals surface area (Å²) in [6, 6.07) is 0. The smallest absolute Gasteiger partial charge is 0.306 e. The van der Waals surface area contributed by atoms with Crippen LogP contribution in [0, 0.1) is 11.8 Å². The summed E-state index contributed by atoms with van der Waals surface area (Å²) in [4.78, 5) is 38.0. The van der Waals surface area contributed by atoms with Crippen molar-refractivity contribution < 1.29 is 28.6 Å². The van der Waals surface area contributed by atoms with Gasteiger partial charge in [-0.3, -0.25) is 14.4 Å². The molecule has 0 spiro atoms. The van der Waals surface area contributed by atoms with E-state index in [0.717, 1.165) is 69.6 Å². The number of hydrogen-bond donors (Lipinski definition) is 0. The first kappa shape index (κ1) is 60.4. The van der Waals surface area contributed by atoms with Gasteiger partial charge in [-0.15, -0.1) is 0 Å². The maximum atomic E-state index is 12.8. The van der Waals surface area contributed by atoms with Crippen molar-refractivity contribution in [3.05, 3.63) is 0 Å². The third kappa shape index (κ3) is 46.4. The van der Waals surface area contributed by atoms with Gasteiger partial charge in [0.05, 0.1) is 0 Å². The summed E-state index contributed by atoms with van der Waals surface area (Å²) in [5.74, 6) is 0.920. The SMILES string of the molecule is CCCCCCCCCCCCCCC(=O)OC[C@H](COC(=O)CCCCCCCCCCCCCCCCC(C)CC)OC(=O)CCCCCCCCCCCCC(C)CC. The predicted octanol–water partition coefficient (Wildman–Crippen LogP) is 18.1. The highest BCUT2D eigenvalue weighted by molar-refractivity contribution is 5.71. The Morgan fingerprint density at radius 2 is 0.565 bits per heavy atom. The molecule has 0 aromatic rings. The lowest BCUT2D eigenvalue weighted by Crippen LogP contribution is -2.30. The largest absolute Gasteiger partial charge is 0.462 e. The molecule has 0 aliphatic rings. The van der Waals surface area contributed by atoms with Gasteiger partial charge in [0.25, 0.3) is 0 Å². The van der Waals surface area contributed by atoms with Gasteiger partial charge >= 0.3 is 17.9 Å². The fourth-order valence-electron chi connectivity index (χ4n) is 8.46. The molecule has 0 radical (unpaired) electrons. The molecule has 2 unspecified atom stereocenters. The van der Waals surface area contributed by atoms with E-state index in [-0.39, 0.29) is 31.1 Å². The van der Waals surface area contributed by atoms with Crippen LogP contribution in [0.4, 0.5) is 0 Å². The predicted molar refractivity (Wildman–Crippen MR) is 266 cm³/mol. The molecule has 0 N–H and O–H groups in total. The van der Waals surface area contributed by atoms with Crippen molar-refractivity contribution >= 4 is 17.9 Å². The van der Waals surface area contributed by atoms with Gasteiger partial charge in [-0.25, -0.2) is 0 Å². The van der Waals surface area contributed by atoms with Crippen LogP contribution in [0.15, 0.2) is 0 Å². The van der Waals surface area contributed by atoms with Crippen LogP contribution in [0.2, 0.25) is 0 Å². The minimum absolute atomic E-state index is 0.0632. The Kier molecular flexibility index (Phi) is 47.6. The lowest BCUT2D eigenvalue weighted by molar-refractivity contribution is -0.167. The molecule has 0 amide bonds. The molecule has 368 valence electrons. The maximum Gasteiger partial charge on any atom is 0.306 e. The van der Waals surface area contributed by atoms with E-state index in [2.05, 4.69) is 34.6 Å². The molecule has 6 heteroatoms. The van der Waals surface area contributed by atoms with Crippen LogP contribution in [0.25, 0.3) is 0 Å². The van der Waals surface area contributed by atoms with Gasteiger partial charge in [0, 0.05) is 19.3 Å². The Balaban J connectivity index is 4.29. The van der Waals surface area contributed by atoms with Gasteiger partial charge in [-0.2, -0.15) is 0 Å². The van der Waals surface area contributed by atoms with E-state index < -0.39 is 6.10 Å². The quantitative estimate of drug-likeness (QED) is 0.0344. The summed E-state index contributed by atoms with van der Waals surface area (Å²) in [7, 11) is 0. The molecule has 0 bridgehead atoms. The van der Waals surface area contributed by atoms with Crippen LogP contribution in [0.1, 0.15) is 311 Å². The van der Waals surface area contributed by atoms with Crippen molar-refractivity contribution in [3.8, 4) is 0 Å². The van der Waals surface area contributed by atoms with E-state index in [0.29, 0.717) is 19.3 Å². The second-order valence-corrected chi connectivity index (χ2v) is 19.7. The average molecular weight is 877 g/mol. The van der Waals surface area contributed by atoms with E-state index in [1.807, 2.05) is 0 Å². The molecule has 0 rings (SSSR count). The number of rotatable bonds is 50. The van der Waals surface area contributed by atoms with Crippen LogP contribution in [-0.4, -0.2) is 37.2 Å². The number of carbonyl (C=O) groups excluding carboxylic acids is 3. The van der Waals surface area contributed by atoms with Gasteiger partial charge in [-0.05, 0) is 31.1 Å². The Bertz CT molecular complexity index is 951. The minimum Gasteiger partial charge on any atom is -0.462 e. The molecule has 0 heterocycles. The molecule has 0 aliphatic carbocycles. The number of esters is 3. The number of carbonyl (C=O) groups is 3. The van der Waals surface area contributed by atoms with Gasteiger partial charge in [-0.1, -0.05) is 272 Å². The monoisotopic (exact) mass is 877 g/mol. The molecular weight excluding hydrogens is 769 g/mol. The Morgan fingerprint density at radius 1 is 0.323 bits per heavy atom. The van der Waals surface area contributed by atoms with Crippen LogP contribution < -0.4 is 0 Å². The summed E-state index contributed by atoms with van der Waals surface area (Å²) in [5, 5.41) is 0. The third-order valence-corrected chi connectivity index (χ3v) is 13.4. The third-order valence-electron chi connectivity index (χ3n) is 13.4. The molecule has 62 heavy (non-hydrogen) atoms. The first-order valence-electron chi connectivity index (χ1n) is 27.8. The fraction of sp³-hybridized carbons (Fsp3) is 0.946. The van der Waals surface area contributed by atoms with Crippen LogP contribution in [0.3, 0.4) is 0 Å². The van der Waals surface area contributed by atoms with Crippen molar-refractivity contribution in [1.29, 1.82) is 0 Å². The highest BCUT2D eigenvalue weighted by Crippen LogP contribution is 2.19. The fourth-order valence-corrected chi connectivity index (χ4v) is 8.46. The molecule has 3 atom stereocenters. The van der Waals surface area contributed by atoms with Crippen LogP contribution >= 0.6 is 0 Å². The molecule has 0 aliphatic heterocycles. The lowest BCUT2D eigenvalue weighted by Gasteiger charge is -2.18. The van der Waals surface area contributed by atoms with Gasteiger partial charge in [0.2, 0.25) is 0 Å². The molecule has 6 nitrogen and oxygen atoms in total. The highest BCUT2D eigenvalue weighted by Gasteiger charge is 2.19. The Hall–Kier alpha value is -1.59. The van der Waals surface area contributed by atoms with Crippen LogP contribution in [-0.2, 0) is 28.6 Å². The zero-order valence-electron chi connectivity index (χ0n) is 42.5. The summed E-state index contributed by atoms with van der Waals surface area (Å²) in [5.41, 5.74) is 0. The minimum atomic E-state index is -0.762. The topological polar surface area (TPSA) is 78.9 Å². The van der Waals surface area contributed by atoms with E-state index in [9.17, 15) is 14.4 Å². The molecule has 0 fully saturated rings. The van der Waals surface area contributed by atoms with E-state index in [1.54, 1.807) is 0 Å². The average Bonchev–Trinajstić information content (AvgIpc) is 3.27. The Labute approximate surface area is 387 Å². The zero-order chi connectivity index (χ0) is 45.4. The van der Waals surface area contributed by atoms with Crippen molar-refractivity contribution in [1.82, 2.24) is 0 Å². The maximum absolute atomic E-state index is 12.8. The molecule has 0 aromatic carbocycles. The normalized spacial score (nSPS) is 12.9. The van der Waals surface area contributed by atoms with Gasteiger partial charge in [0.1, 0.15) is 13.2 Å². The molecular formula is C56H108O6. The van der Waals surface area contributed by atoms with Gasteiger partial charge in [0.15, 0.2) is 6.10 Å².